The smallest absolute Gasteiger partial charge is 0.223 e. The Morgan fingerprint density at radius 2 is 2.33 bits per heavy atom. The summed E-state index contributed by atoms with van der Waals surface area (Å²) < 4.78 is 5.40. The molecular weight excluding hydrogens is 326 g/mol. The lowest BCUT2D eigenvalue weighted by atomic mass is 9.90. The van der Waals surface area contributed by atoms with Crippen LogP contribution in [0.15, 0.2) is 12.3 Å². The van der Waals surface area contributed by atoms with Crippen molar-refractivity contribution in [3.8, 4) is 0 Å². The molecule has 128 valence electrons. The van der Waals surface area contributed by atoms with Gasteiger partial charge in [-0.25, -0.2) is 4.98 Å². The van der Waals surface area contributed by atoms with Gasteiger partial charge in [-0.2, -0.15) is 5.10 Å². The first-order chi connectivity index (χ1) is 11.8. The van der Waals surface area contributed by atoms with Gasteiger partial charge in [0.15, 0.2) is 5.13 Å². The highest BCUT2D eigenvalue weighted by molar-refractivity contribution is 7.15. The normalized spacial score (nSPS) is 20.7. The number of anilines is 1. The third kappa shape index (κ3) is 3.29. The summed E-state index contributed by atoms with van der Waals surface area (Å²) >= 11 is 1.78. The maximum atomic E-state index is 12.4. The lowest BCUT2D eigenvalue weighted by Gasteiger charge is -2.26. The predicted molar refractivity (Wildman–Crippen MR) is 91.1 cm³/mol. The van der Waals surface area contributed by atoms with E-state index in [4.69, 9.17) is 9.72 Å². The van der Waals surface area contributed by atoms with E-state index in [9.17, 15) is 4.79 Å². The van der Waals surface area contributed by atoms with Gasteiger partial charge in [0.05, 0.1) is 31.1 Å². The highest BCUT2D eigenvalue weighted by atomic mass is 32.1. The standard InChI is InChI=1S/C16H21N5O2S/c22-15(17-10-12-3-4-18-20-12)11-1-2-14-13(9-11)19-16(24-14)21-5-7-23-8-6-21/h3-4,11H,1-2,5-10H2,(H,17,22)(H,18,20). The number of H-pyrrole nitrogens is 1. The molecule has 2 aromatic rings. The van der Waals surface area contributed by atoms with Crippen LogP contribution in [0.1, 0.15) is 22.7 Å². The van der Waals surface area contributed by atoms with Crippen LogP contribution < -0.4 is 10.2 Å². The number of aromatic nitrogens is 3. The lowest BCUT2D eigenvalue weighted by molar-refractivity contribution is -0.125. The largest absolute Gasteiger partial charge is 0.378 e. The zero-order chi connectivity index (χ0) is 16.4. The number of fused-ring (bicyclic) bond motifs is 1. The average Bonchev–Trinajstić information content (AvgIpc) is 3.29. The lowest BCUT2D eigenvalue weighted by Crippen LogP contribution is -2.36. The molecule has 24 heavy (non-hydrogen) atoms. The van der Waals surface area contributed by atoms with Crippen molar-refractivity contribution >= 4 is 22.4 Å². The van der Waals surface area contributed by atoms with Gasteiger partial charge in [0.25, 0.3) is 0 Å². The Morgan fingerprint density at radius 1 is 1.46 bits per heavy atom. The van der Waals surface area contributed by atoms with Gasteiger partial charge < -0.3 is 15.0 Å². The first-order valence-electron chi connectivity index (χ1n) is 8.37. The van der Waals surface area contributed by atoms with Gasteiger partial charge in [0.1, 0.15) is 0 Å². The van der Waals surface area contributed by atoms with Crippen molar-refractivity contribution in [2.24, 2.45) is 5.92 Å². The second kappa shape index (κ2) is 6.90. The van der Waals surface area contributed by atoms with E-state index in [1.807, 2.05) is 6.07 Å². The van der Waals surface area contributed by atoms with Crippen LogP contribution in [0.4, 0.5) is 5.13 Å². The van der Waals surface area contributed by atoms with Crippen molar-refractivity contribution < 1.29 is 9.53 Å². The van der Waals surface area contributed by atoms with Crippen LogP contribution >= 0.6 is 11.3 Å². The second-order valence-corrected chi connectivity index (χ2v) is 7.27. The molecule has 1 saturated heterocycles. The Labute approximate surface area is 144 Å². The fourth-order valence-corrected chi connectivity index (χ4v) is 4.34. The Bertz CT molecular complexity index is 693. The van der Waals surface area contributed by atoms with Crippen LogP contribution in [0.25, 0.3) is 0 Å². The maximum absolute atomic E-state index is 12.4. The third-order valence-electron chi connectivity index (χ3n) is 4.59. The zero-order valence-corrected chi connectivity index (χ0v) is 14.3. The van der Waals surface area contributed by atoms with Crippen molar-refractivity contribution in [1.82, 2.24) is 20.5 Å². The van der Waals surface area contributed by atoms with E-state index in [2.05, 4.69) is 20.4 Å². The molecule has 3 heterocycles. The number of nitrogens with one attached hydrogen (secondary N) is 2. The van der Waals surface area contributed by atoms with Gasteiger partial charge in [-0.15, -0.1) is 11.3 Å². The first kappa shape index (κ1) is 15.6. The van der Waals surface area contributed by atoms with Gasteiger partial charge >= 0.3 is 0 Å². The SMILES string of the molecule is O=C(NCc1ccn[nH]1)C1CCc2sc(N3CCOCC3)nc2C1. The first-order valence-corrected chi connectivity index (χ1v) is 9.18. The molecular formula is C16H21N5O2S. The predicted octanol–water partition coefficient (Wildman–Crippen LogP) is 1.12. The van der Waals surface area contributed by atoms with Crippen molar-refractivity contribution in [2.75, 3.05) is 31.2 Å². The van der Waals surface area contributed by atoms with Gasteiger partial charge in [-0.1, -0.05) is 0 Å². The number of ether oxygens (including phenoxy) is 1. The third-order valence-corrected chi connectivity index (χ3v) is 5.81. The molecule has 0 spiro atoms. The summed E-state index contributed by atoms with van der Waals surface area (Å²) in [5, 5.41) is 10.8. The quantitative estimate of drug-likeness (QED) is 0.866. The van der Waals surface area contributed by atoms with Gasteiger partial charge in [0, 0.05) is 36.5 Å². The maximum Gasteiger partial charge on any atom is 0.223 e. The van der Waals surface area contributed by atoms with E-state index in [1.165, 1.54) is 4.88 Å². The van der Waals surface area contributed by atoms with Crippen molar-refractivity contribution in [1.29, 1.82) is 0 Å². The van der Waals surface area contributed by atoms with E-state index in [1.54, 1.807) is 17.5 Å². The number of thiazole rings is 1. The van der Waals surface area contributed by atoms with Gasteiger partial charge in [-0.05, 0) is 18.9 Å². The molecule has 2 N–H and O–H groups in total. The van der Waals surface area contributed by atoms with Crippen LogP contribution in [0.5, 0.6) is 0 Å². The molecule has 1 atom stereocenters. The van der Waals surface area contributed by atoms with E-state index in [-0.39, 0.29) is 11.8 Å². The number of carbonyl (C=O) groups is 1. The minimum Gasteiger partial charge on any atom is -0.378 e. The number of hydrogen-bond donors (Lipinski definition) is 2. The summed E-state index contributed by atoms with van der Waals surface area (Å²) in [5.41, 5.74) is 2.03. The topological polar surface area (TPSA) is 83.1 Å². The molecule has 2 aliphatic rings. The Hall–Kier alpha value is -1.93. The van der Waals surface area contributed by atoms with Crippen LogP contribution in [0.2, 0.25) is 0 Å². The Balaban J connectivity index is 1.38. The van der Waals surface area contributed by atoms with Crippen LogP contribution in [0.3, 0.4) is 0 Å². The fourth-order valence-electron chi connectivity index (χ4n) is 3.19. The minimum absolute atomic E-state index is 0.0139. The molecule has 0 radical (unpaired) electrons. The van der Waals surface area contributed by atoms with E-state index in [0.29, 0.717) is 6.54 Å². The number of carbonyl (C=O) groups excluding carboxylic acids is 1. The molecule has 1 fully saturated rings. The van der Waals surface area contributed by atoms with E-state index < -0.39 is 0 Å². The molecule has 1 aliphatic carbocycles. The number of nitrogens with zero attached hydrogens (tertiary/aromatic N) is 3. The summed E-state index contributed by atoms with van der Waals surface area (Å²) in [6, 6.07) is 1.87. The molecule has 1 aliphatic heterocycles. The van der Waals surface area contributed by atoms with Gasteiger partial charge in [-0.3, -0.25) is 9.89 Å². The molecule has 4 rings (SSSR count). The molecule has 8 heteroatoms. The molecule has 0 bridgehead atoms. The molecule has 0 aromatic carbocycles. The zero-order valence-electron chi connectivity index (χ0n) is 13.5. The fraction of sp³-hybridized carbons (Fsp3) is 0.562. The highest BCUT2D eigenvalue weighted by Gasteiger charge is 2.28. The summed E-state index contributed by atoms with van der Waals surface area (Å²) in [6.07, 6.45) is 4.27. The number of hydrogen-bond acceptors (Lipinski definition) is 6. The van der Waals surface area contributed by atoms with Crippen molar-refractivity contribution in [3.63, 3.8) is 0 Å². The van der Waals surface area contributed by atoms with E-state index >= 15 is 0 Å². The summed E-state index contributed by atoms with van der Waals surface area (Å²) in [6.45, 7) is 3.84. The number of amides is 1. The minimum atomic E-state index is 0.0139. The average molecular weight is 347 g/mol. The number of rotatable bonds is 4. The molecule has 7 nitrogen and oxygen atoms in total. The second-order valence-electron chi connectivity index (χ2n) is 6.21. The summed E-state index contributed by atoms with van der Waals surface area (Å²) in [7, 11) is 0. The monoisotopic (exact) mass is 347 g/mol. The van der Waals surface area contributed by atoms with Crippen LogP contribution in [-0.4, -0.2) is 47.4 Å². The van der Waals surface area contributed by atoms with Crippen molar-refractivity contribution in [2.45, 2.75) is 25.8 Å². The molecule has 1 amide bonds. The Kier molecular flexibility index (Phi) is 4.48. The van der Waals surface area contributed by atoms with Crippen LogP contribution in [0, 0.1) is 5.92 Å². The van der Waals surface area contributed by atoms with Crippen LogP contribution in [-0.2, 0) is 28.9 Å². The number of aryl methyl sites for hydroxylation is 1. The van der Waals surface area contributed by atoms with Gasteiger partial charge in [0.2, 0.25) is 5.91 Å². The molecule has 1 unspecified atom stereocenters. The van der Waals surface area contributed by atoms with E-state index in [0.717, 1.165) is 62.1 Å². The highest BCUT2D eigenvalue weighted by Crippen LogP contribution is 2.34. The Morgan fingerprint density at radius 3 is 3.12 bits per heavy atom. The molecule has 0 saturated carbocycles. The summed E-state index contributed by atoms with van der Waals surface area (Å²) in [4.78, 5) is 20.9. The molecule has 2 aromatic heterocycles. The number of morpholine rings is 1. The summed E-state index contributed by atoms with van der Waals surface area (Å²) in [5.74, 6) is 0.122. The van der Waals surface area contributed by atoms with Crippen molar-refractivity contribution in [3.05, 3.63) is 28.5 Å². The number of aromatic amines is 1.